The number of nitrogen functional groups attached to an aromatic ring is 1. The van der Waals surface area contributed by atoms with Crippen LogP contribution in [-0.2, 0) is 5.41 Å². The fraction of sp³-hybridized carbons (Fsp3) is 0.333. The number of benzene rings is 2. The number of thioether (sulfide) groups is 1. The number of nitrogens with two attached hydrogens (primary N) is 1. The molecule has 0 aliphatic carbocycles. The third kappa shape index (κ3) is 2.22. The Morgan fingerprint density at radius 2 is 1.60 bits per heavy atom. The maximum atomic E-state index is 5.84. The molecule has 1 atom stereocenters. The molecular formula is C18H21NS. The van der Waals surface area contributed by atoms with Crippen LogP contribution in [0.25, 0.3) is 0 Å². The van der Waals surface area contributed by atoms with Crippen LogP contribution < -0.4 is 5.73 Å². The second-order valence-electron chi connectivity index (χ2n) is 6.49. The first-order valence-electron chi connectivity index (χ1n) is 7.05. The summed E-state index contributed by atoms with van der Waals surface area (Å²) in [5.74, 6) is 0. The van der Waals surface area contributed by atoms with Gasteiger partial charge in [-0.2, -0.15) is 0 Å². The van der Waals surface area contributed by atoms with E-state index in [0.29, 0.717) is 0 Å². The van der Waals surface area contributed by atoms with Crippen LogP contribution in [0.1, 0.15) is 38.3 Å². The van der Waals surface area contributed by atoms with Gasteiger partial charge >= 0.3 is 0 Å². The molecule has 0 radical (unpaired) electrons. The Balaban J connectivity index is 2.18. The molecule has 104 valence electrons. The molecule has 1 nitrogen and oxygen atoms in total. The van der Waals surface area contributed by atoms with Crippen molar-refractivity contribution in [2.24, 2.45) is 0 Å². The van der Waals surface area contributed by atoms with Gasteiger partial charge in [0.05, 0.1) is 0 Å². The van der Waals surface area contributed by atoms with Crippen molar-refractivity contribution in [3.63, 3.8) is 0 Å². The molecule has 2 N–H and O–H groups in total. The van der Waals surface area contributed by atoms with E-state index in [4.69, 9.17) is 5.73 Å². The Bertz CT molecular complexity index is 630. The average molecular weight is 283 g/mol. The first kappa shape index (κ1) is 13.6. The lowest BCUT2D eigenvalue weighted by Gasteiger charge is -2.44. The summed E-state index contributed by atoms with van der Waals surface area (Å²) in [4.78, 5) is 1.41. The minimum Gasteiger partial charge on any atom is -0.399 e. The number of fused-ring (bicyclic) bond motifs is 1. The third-order valence-corrected chi connectivity index (χ3v) is 5.47. The van der Waals surface area contributed by atoms with Crippen molar-refractivity contribution in [1.29, 1.82) is 0 Å². The van der Waals surface area contributed by atoms with Crippen molar-refractivity contribution in [3.8, 4) is 0 Å². The first-order valence-corrected chi connectivity index (χ1v) is 7.87. The molecule has 1 heterocycles. The molecule has 0 spiro atoms. The lowest BCUT2D eigenvalue weighted by Crippen LogP contribution is -2.36. The highest BCUT2D eigenvalue weighted by atomic mass is 32.2. The topological polar surface area (TPSA) is 26.0 Å². The molecule has 2 aromatic carbocycles. The minimum atomic E-state index is 0.0546. The van der Waals surface area contributed by atoms with Crippen LogP contribution in [0.5, 0.6) is 0 Å². The molecule has 1 aliphatic heterocycles. The summed E-state index contributed by atoms with van der Waals surface area (Å²) in [5, 5.41) is 0. The summed E-state index contributed by atoms with van der Waals surface area (Å²) in [6, 6.07) is 17.2. The van der Waals surface area contributed by atoms with E-state index >= 15 is 0 Å². The van der Waals surface area contributed by atoms with Crippen molar-refractivity contribution in [2.45, 2.75) is 42.2 Å². The molecule has 0 unspecified atom stereocenters. The molecule has 1 aliphatic rings. The first-order chi connectivity index (χ1) is 9.41. The molecule has 2 aromatic rings. The maximum Gasteiger partial charge on any atom is 0.0314 e. The number of rotatable bonds is 1. The second kappa shape index (κ2) is 4.56. The third-order valence-electron chi connectivity index (χ3n) is 4.19. The summed E-state index contributed by atoms with van der Waals surface area (Å²) in [5.41, 5.74) is 9.52. The van der Waals surface area contributed by atoms with Crippen LogP contribution in [0.2, 0.25) is 0 Å². The summed E-state index contributed by atoms with van der Waals surface area (Å²) >= 11 is 1.99. The molecular weight excluding hydrogens is 262 g/mol. The van der Waals surface area contributed by atoms with Gasteiger partial charge in [-0.1, -0.05) is 51.1 Å². The summed E-state index contributed by atoms with van der Waals surface area (Å²) in [7, 11) is 0. The van der Waals surface area contributed by atoms with Crippen LogP contribution >= 0.6 is 11.8 Å². The second-order valence-corrected chi connectivity index (χ2v) is 8.24. The van der Waals surface area contributed by atoms with E-state index in [-0.39, 0.29) is 10.2 Å². The largest absolute Gasteiger partial charge is 0.399 e. The fourth-order valence-corrected chi connectivity index (χ4v) is 4.91. The number of hydrogen-bond donors (Lipinski definition) is 1. The van der Waals surface area contributed by atoms with E-state index in [0.717, 1.165) is 12.1 Å². The van der Waals surface area contributed by atoms with Crippen molar-refractivity contribution in [1.82, 2.24) is 0 Å². The molecule has 2 heteroatoms. The predicted molar refractivity (Wildman–Crippen MR) is 88.3 cm³/mol. The van der Waals surface area contributed by atoms with Gasteiger partial charge < -0.3 is 5.73 Å². The smallest absolute Gasteiger partial charge is 0.0314 e. The van der Waals surface area contributed by atoms with Gasteiger partial charge in [-0.15, -0.1) is 11.8 Å². The van der Waals surface area contributed by atoms with Gasteiger partial charge in [-0.3, -0.25) is 0 Å². The molecule has 0 aromatic heterocycles. The lowest BCUT2D eigenvalue weighted by molar-refractivity contribution is 0.438. The van der Waals surface area contributed by atoms with Gasteiger partial charge in [0.1, 0.15) is 0 Å². The Morgan fingerprint density at radius 1 is 0.950 bits per heavy atom. The van der Waals surface area contributed by atoms with Gasteiger partial charge in [0.15, 0.2) is 0 Å². The van der Waals surface area contributed by atoms with Crippen LogP contribution in [0.15, 0.2) is 53.4 Å². The van der Waals surface area contributed by atoms with Crippen molar-refractivity contribution < 1.29 is 0 Å². The van der Waals surface area contributed by atoms with Crippen LogP contribution in [0, 0.1) is 0 Å². The van der Waals surface area contributed by atoms with Gasteiger partial charge in [-0.25, -0.2) is 0 Å². The van der Waals surface area contributed by atoms with E-state index in [9.17, 15) is 0 Å². The zero-order chi connectivity index (χ0) is 14.4. The van der Waals surface area contributed by atoms with Crippen molar-refractivity contribution >= 4 is 17.4 Å². The van der Waals surface area contributed by atoms with Gasteiger partial charge in [0.25, 0.3) is 0 Å². The Hall–Kier alpha value is -1.41. The zero-order valence-corrected chi connectivity index (χ0v) is 13.1. The highest BCUT2D eigenvalue weighted by Gasteiger charge is 2.41. The van der Waals surface area contributed by atoms with Crippen LogP contribution in [0.4, 0.5) is 5.69 Å². The van der Waals surface area contributed by atoms with Gasteiger partial charge in [-0.05, 0) is 35.7 Å². The van der Waals surface area contributed by atoms with E-state index in [1.807, 2.05) is 23.9 Å². The highest BCUT2D eigenvalue weighted by Crippen LogP contribution is 2.53. The lowest BCUT2D eigenvalue weighted by atomic mass is 9.70. The molecule has 3 rings (SSSR count). The SMILES string of the molecule is CC1(C)C[C@@](C)(c2ccc(N)cc2)c2ccccc2S1. The minimum absolute atomic E-state index is 0.0546. The standard InChI is InChI=1S/C18H21NS/c1-17(2)12-18(3,13-8-10-14(19)11-9-13)15-6-4-5-7-16(15)20-17/h4-11H,12,19H2,1-3H3/t18-/m0/s1. The van der Waals surface area contributed by atoms with Crippen molar-refractivity contribution in [3.05, 3.63) is 59.7 Å². The van der Waals surface area contributed by atoms with E-state index in [1.54, 1.807) is 0 Å². The fourth-order valence-electron chi connectivity index (χ4n) is 3.40. The molecule has 0 amide bonds. The highest BCUT2D eigenvalue weighted by molar-refractivity contribution is 8.00. The monoisotopic (exact) mass is 283 g/mol. The molecule has 0 bridgehead atoms. The van der Waals surface area contributed by atoms with E-state index in [2.05, 4.69) is 57.2 Å². The normalized spacial score (nSPS) is 24.1. The summed E-state index contributed by atoms with van der Waals surface area (Å²) in [6.07, 6.45) is 1.13. The zero-order valence-electron chi connectivity index (χ0n) is 12.3. The Kier molecular flexibility index (Phi) is 3.09. The van der Waals surface area contributed by atoms with E-state index < -0.39 is 0 Å². The van der Waals surface area contributed by atoms with E-state index in [1.165, 1.54) is 16.0 Å². The number of hydrogen-bond acceptors (Lipinski definition) is 2. The van der Waals surface area contributed by atoms with Gasteiger partial charge in [0, 0.05) is 20.7 Å². The summed E-state index contributed by atoms with van der Waals surface area (Å²) in [6.45, 7) is 7.03. The van der Waals surface area contributed by atoms with Gasteiger partial charge in [0.2, 0.25) is 0 Å². The average Bonchev–Trinajstić information content (AvgIpc) is 2.38. The van der Waals surface area contributed by atoms with Crippen molar-refractivity contribution in [2.75, 3.05) is 5.73 Å². The van der Waals surface area contributed by atoms with Crippen LogP contribution in [0.3, 0.4) is 0 Å². The Labute approximate surface area is 125 Å². The molecule has 0 saturated carbocycles. The van der Waals surface area contributed by atoms with Crippen LogP contribution in [-0.4, -0.2) is 4.75 Å². The molecule has 20 heavy (non-hydrogen) atoms. The quantitative estimate of drug-likeness (QED) is 0.757. The number of anilines is 1. The molecule has 0 fully saturated rings. The Morgan fingerprint density at radius 3 is 2.30 bits per heavy atom. The predicted octanol–water partition coefficient (Wildman–Crippen LogP) is 4.85. The summed E-state index contributed by atoms with van der Waals surface area (Å²) < 4.78 is 0.241. The molecule has 0 saturated heterocycles. The maximum absolute atomic E-state index is 5.84.